The fourth-order valence-electron chi connectivity index (χ4n) is 1.19. The van der Waals surface area contributed by atoms with Crippen molar-refractivity contribution in [2.45, 2.75) is 13.3 Å². The summed E-state index contributed by atoms with van der Waals surface area (Å²) in [7, 11) is 1.62. The molecule has 0 saturated carbocycles. The summed E-state index contributed by atoms with van der Waals surface area (Å²) in [4.78, 5) is 13.5. The van der Waals surface area contributed by atoms with E-state index in [1.807, 2.05) is 6.92 Å². The first-order chi connectivity index (χ1) is 7.15. The van der Waals surface area contributed by atoms with Crippen LogP contribution in [0.3, 0.4) is 0 Å². The monoisotopic (exact) mass is 214 g/mol. The van der Waals surface area contributed by atoms with Crippen LogP contribution in [0.4, 0.5) is 0 Å². The molecule has 0 aromatic heterocycles. The first kappa shape index (κ1) is 14.1. The Morgan fingerprint density at radius 1 is 1.67 bits per heavy atom. The molecule has 0 aliphatic rings. The van der Waals surface area contributed by atoms with Crippen LogP contribution in [0.5, 0.6) is 0 Å². The van der Waals surface area contributed by atoms with Gasteiger partial charge in [-0.25, -0.2) is 0 Å². The third-order valence-electron chi connectivity index (χ3n) is 2.19. The first-order valence-electron chi connectivity index (χ1n) is 5.23. The molecule has 0 aliphatic carbocycles. The predicted octanol–water partition coefficient (Wildman–Crippen LogP) is 0.632. The van der Waals surface area contributed by atoms with Gasteiger partial charge in [0.2, 0.25) is 5.91 Å². The Morgan fingerprint density at radius 2 is 2.33 bits per heavy atom. The molecule has 4 nitrogen and oxygen atoms in total. The lowest BCUT2D eigenvalue weighted by atomic mass is 10.1. The maximum atomic E-state index is 11.8. The Labute approximate surface area is 92.1 Å². The third-order valence-corrected chi connectivity index (χ3v) is 2.19. The van der Waals surface area contributed by atoms with E-state index >= 15 is 0 Å². The van der Waals surface area contributed by atoms with Crippen molar-refractivity contribution in [2.75, 3.05) is 33.4 Å². The number of nitrogens with zero attached hydrogens (tertiary/aromatic N) is 1. The Balaban J connectivity index is 4.08. The molecule has 4 heteroatoms. The molecule has 0 heterocycles. The number of rotatable bonds is 8. The normalized spacial score (nSPS) is 12.2. The molecule has 0 spiro atoms. The maximum Gasteiger partial charge on any atom is 0.223 e. The minimum Gasteiger partial charge on any atom is -0.383 e. The van der Waals surface area contributed by atoms with Crippen molar-refractivity contribution in [2.24, 2.45) is 11.7 Å². The molecule has 15 heavy (non-hydrogen) atoms. The average molecular weight is 214 g/mol. The molecule has 0 aromatic carbocycles. The maximum absolute atomic E-state index is 11.8. The Kier molecular flexibility index (Phi) is 7.95. The van der Waals surface area contributed by atoms with Gasteiger partial charge in [-0.2, -0.15) is 0 Å². The Morgan fingerprint density at radius 3 is 2.80 bits per heavy atom. The van der Waals surface area contributed by atoms with Crippen LogP contribution in [0.15, 0.2) is 12.7 Å². The van der Waals surface area contributed by atoms with Crippen LogP contribution >= 0.6 is 0 Å². The second-order valence-electron chi connectivity index (χ2n) is 3.67. The minimum absolute atomic E-state index is 0.116. The molecule has 0 aliphatic heterocycles. The van der Waals surface area contributed by atoms with Crippen molar-refractivity contribution in [1.29, 1.82) is 0 Å². The molecule has 0 bridgehead atoms. The number of hydrogen-bond donors (Lipinski definition) is 1. The van der Waals surface area contributed by atoms with E-state index < -0.39 is 0 Å². The summed E-state index contributed by atoms with van der Waals surface area (Å²) >= 11 is 0. The van der Waals surface area contributed by atoms with Crippen LogP contribution in [-0.4, -0.2) is 44.2 Å². The molecule has 0 radical (unpaired) electrons. The van der Waals surface area contributed by atoms with E-state index in [2.05, 4.69) is 6.58 Å². The van der Waals surface area contributed by atoms with Gasteiger partial charge in [-0.05, 0) is 12.5 Å². The highest BCUT2D eigenvalue weighted by atomic mass is 16.5. The topological polar surface area (TPSA) is 55.6 Å². The molecule has 88 valence electrons. The predicted molar refractivity (Wildman–Crippen MR) is 61.5 cm³/mol. The Bertz CT molecular complexity index is 195. The van der Waals surface area contributed by atoms with E-state index in [0.29, 0.717) is 32.7 Å². The zero-order chi connectivity index (χ0) is 11.7. The molecule has 0 rings (SSSR count). The summed E-state index contributed by atoms with van der Waals surface area (Å²) < 4.78 is 4.95. The number of ether oxygens (including phenoxy) is 1. The quantitative estimate of drug-likeness (QED) is 0.603. The zero-order valence-electron chi connectivity index (χ0n) is 9.74. The van der Waals surface area contributed by atoms with E-state index in [1.54, 1.807) is 18.1 Å². The van der Waals surface area contributed by atoms with Gasteiger partial charge in [-0.15, -0.1) is 6.58 Å². The number of hydrogen-bond acceptors (Lipinski definition) is 3. The van der Waals surface area contributed by atoms with Crippen molar-refractivity contribution in [3.05, 3.63) is 12.7 Å². The largest absolute Gasteiger partial charge is 0.383 e. The standard InChI is InChI=1S/C11H22N2O2/c1-4-5-13(6-7-15-3)11(14)8-10(2)9-12/h4,10H,1,5-9,12H2,2-3H3. The molecule has 1 atom stereocenters. The highest BCUT2D eigenvalue weighted by Crippen LogP contribution is 2.04. The third kappa shape index (κ3) is 6.25. The van der Waals surface area contributed by atoms with Gasteiger partial charge >= 0.3 is 0 Å². The fraction of sp³-hybridized carbons (Fsp3) is 0.727. The van der Waals surface area contributed by atoms with Gasteiger partial charge in [-0.3, -0.25) is 4.79 Å². The highest BCUT2D eigenvalue weighted by molar-refractivity contribution is 5.76. The second kappa shape index (κ2) is 8.44. The number of amides is 1. The van der Waals surface area contributed by atoms with Crippen LogP contribution in [0.2, 0.25) is 0 Å². The number of carbonyl (C=O) groups excluding carboxylic acids is 1. The van der Waals surface area contributed by atoms with Gasteiger partial charge in [0.1, 0.15) is 0 Å². The van der Waals surface area contributed by atoms with Crippen molar-refractivity contribution >= 4 is 5.91 Å². The van der Waals surface area contributed by atoms with Crippen LogP contribution in [0, 0.1) is 5.92 Å². The van der Waals surface area contributed by atoms with Crippen molar-refractivity contribution < 1.29 is 9.53 Å². The summed E-state index contributed by atoms with van der Waals surface area (Å²) in [5.74, 6) is 0.345. The lowest BCUT2D eigenvalue weighted by molar-refractivity contribution is -0.132. The first-order valence-corrected chi connectivity index (χ1v) is 5.23. The number of methoxy groups -OCH3 is 1. The van der Waals surface area contributed by atoms with Crippen molar-refractivity contribution in [3.8, 4) is 0 Å². The summed E-state index contributed by atoms with van der Waals surface area (Å²) in [5, 5.41) is 0. The molecular formula is C11H22N2O2. The average Bonchev–Trinajstić information content (AvgIpc) is 2.23. The van der Waals surface area contributed by atoms with Crippen LogP contribution < -0.4 is 5.73 Å². The van der Waals surface area contributed by atoms with E-state index in [-0.39, 0.29) is 11.8 Å². The number of carbonyl (C=O) groups is 1. The van der Waals surface area contributed by atoms with Crippen molar-refractivity contribution in [3.63, 3.8) is 0 Å². The molecule has 0 saturated heterocycles. The van der Waals surface area contributed by atoms with Crippen LogP contribution in [0.25, 0.3) is 0 Å². The zero-order valence-corrected chi connectivity index (χ0v) is 9.74. The smallest absolute Gasteiger partial charge is 0.223 e. The van der Waals surface area contributed by atoms with Crippen LogP contribution in [-0.2, 0) is 9.53 Å². The lowest BCUT2D eigenvalue weighted by Crippen LogP contribution is -2.35. The van der Waals surface area contributed by atoms with Gasteiger partial charge in [0.05, 0.1) is 6.61 Å². The van der Waals surface area contributed by atoms with E-state index in [9.17, 15) is 4.79 Å². The lowest BCUT2D eigenvalue weighted by Gasteiger charge is -2.22. The highest BCUT2D eigenvalue weighted by Gasteiger charge is 2.14. The summed E-state index contributed by atoms with van der Waals surface area (Å²) in [5.41, 5.74) is 5.48. The molecule has 1 amide bonds. The van der Waals surface area contributed by atoms with E-state index in [1.165, 1.54) is 0 Å². The van der Waals surface area contributed by atoms with E-state index in [4.69, 9.17) is 10.5 Å². The minimum atomic E-state index is 0.116. The van der Waals surface area contributed by atoms with Gasteiger partial charge in [0, 0.05) is 26.6 Å². The Hall–Kier alpha value is -0.870. The van der Waals surface area contributed by atoms with Crippen LogP contribution in [0.1, 0.15) is 13.3 Å². The molecule has 2 N–H and O–H groups in total. The summed E-state index contributed by atoms with van der Waals surface area (Å²) in [6.07, 6.45) is 2.22. The van der Waals surface area contributed by atoms with Gasteiger partial charge < -0.3 is 15.4 Å². The number of nitrogens with two attached hydrogens (primary N) is 1. The summed E-state index contributed by atoms with van der Waals surface area (Å²) in [6.45, 7) is 7.87. The van der Waals surface area contributed by atoms with Gasteiger partial charge in [-0.1, -0.05) is 13.0 Å². The second-order valence-corrected chi connectivity index (χ2v) is 3.67. The SMILES string of the molecule is C=CCN(CCOC)C(=O)CC(C)CN. The molecule has 1 unspecified atom stereocenters. The van der Waals surface area contributed by atoms with E-state index in [0.717, 1.165) is 0 Å². The molecule has 0 aromatic rings. The van der Waals surface area contributed by atoms with Gasteiger partial charge in [0.15, 0.2) is 0 Å². The van der Waals surface area contributed by atoms with Crippen molar-refractivity contribution in [1.82, 2.24) is 4.90 Å². The molecular weight excluding hydrogens is 192 g/mol. The molecule has 0 fully saturated rings. The van der Waals surface area contributed by atoms with Gasteiger partial charge in [0.25, 0.3) is 0 Å². The fourth-order valence-corrected chi connectivity index (χ4v) is 1.19. The summed E-state index contributed by atoms with van der Waals surface area (Å²) in [6, 6.07) is 0.